The zero-order valence-corrected chi connectivity index (χ0v) is 13.9. The number of carbonyl (C=O) groups is 2. The van der Waals surface area contributed by atoms with E-state index in [4.69, 9.17) is 4.74 Å². The molecule has 0 spiro atoms. The van der Waals surface area contributed by atoms with Gasteiger partial charge in [0.2, 0.25) is 5.91 Å². The highest BCUT2D eigenvalue weighted by Crippen LogP contribution is 2.16. The lowest BCUT2D eigenvalue weighted by molar-refractivity contribution is -0.116. The van der Waals surface area contributed by atoms with Crippen molar-refractivity contribution in [1.82, 2.24) is 9.97 Å². The molecule has 1 aliphatic heterocycles. The van der Waals surface area contributed by atoms with Crippen molar-refractivity contribution in [3.8, 4) is 0 Å². The van der Waals surface area contributed by atoms with Gasteiger partial charge in [0.1, 0.15) is 18.0 Å². The van der Waals surface area contributed by atoms with Crippen LogP contribution >= 0.6 is 0 Å². The summed E-state index contributed by atoms with van der Waals surface area (Å²) in [5.41, 5.74) is 0.618. The molecule has 130 valence electrons. The van der Waals surface area contributed by atoms with Gasteiger partial charge in [-0.1, -0.05) is 30.3 Å². The monoisotopic (exact) mass is 340 g/mol. The molecule has 0 radical (unpaired) electrons. The highest BCUT2D eigenvalue weighted by Gasteiger charge is 2.14. The quantitative estimate of drug-likeness (QED) is 0.809. The van der Waals surface area contributed by atoms with Crippen molar-refractivity contribution in [2.45, 2.75) is 12.8 Å². The van der Waals surface area contributed by atoms with Crippen LogP contribution in [0.1, 0.15) is 23.2 Å². The number of rotatable bonds is 6. The third kappa shape index (κ3) is 4.84. The van der Waals surface area contributed by atoms with Crippen molar-refractivity contribution in [2.75, 3.05) is 36.5 Å². The summed E-state index contributed by atoms with van der Waals surface area (Å²) >= 11 is 0. The number of hydrogen-bond donors (Lipinski definition) is 1. The molecule has 1 aromatic heterocycles. The maximum Gasteiger partial charge on any atom is 0.225 e. The highest BCUT2D eigenvalue weighted by molar-refractivity contribution is 5.99. The Labute approximate surface area is 146 Å². The standard InChI is InChI=1S/C18H20N4O3/c23-15(14-4-2-1-3-5-14)6-7-18(24)21-16-12-17(20-13-19-16)22-8-10-25-11-9-22/h1-5,12-13H,6-11H2,(H,19,20,21,24). The predicted octanol–water partition coefficient (Wildman–Crippen LogP) is 1.91. The molecule has 1 amide bonds. The summed E-state index contributed by atoms with van der Waals surface area (Å²) in [6.07, 6.45) is 1.71. The summed E-state index contributed by atoms with van der Waals surface area (Å²) in [5, 5.41) is 2.73. The van der Waals surface area contributed by atoms with E-state index in [0.29, 0.717) is 24.6 Å². The van der Waals surface area contributed by atoms with Crippen LogP contribution < -0.4 is 10.2 Å². The van der Waals surface area contributed by atoms with Gasteiger partial charge in [0.05, 0.1) is 13.2 Å². The van der Waals surface area contributed by atoms with E-state index in [9.17, 15) is 9.59 Å². The van der Waals surface area contributed by atoms with Crippen LogP contribution in [0.2, 0.25) is 0 Å². The number of nitrogens with one attached hydrogen (secondary N) is 1. The lowest BCUT2D eigenvalue weighted by atomic mass is 10.1. The highest BCUT2D eigenvalue weighted by atomic mass is 16.5. The molecule has 1 aromatic carbocycles. The van der Waals surface area contributed by atoms with Gasteiger partial charge >= 0.3 is 0 Å². The van der Waals surface area contributed by atoms with Crippen molar-refractivity contribution >= 4 is 23.3 Å². The second-order valence-corrected chi connectivity index (χ2v) is 5.70. The molecule has 0 atom stereocenters. The summed E-state index contributed by atoms with van der Waals surface area (Å²) in [7, 11) is 0. The molecular formula is C18H20N4O3. The molecule has 0 aliphatic carbocycles. The fourth-order valence-electron chi connectivity index (χ4n) is 2.58. The van der Waals surface area contributed by atoms with Crippen LogP contribution in [-0.4, -0.2) is 48.0 Å². The van der Waals surface area contributed by atoms with Crippen LogP contribution in [0.15, 0.2) is 42.7 Å². The van der Waals surface area contributed by atoms with Crippen molar-refractivity contribution in [3.63, 3.8) is 0 Å². The molecular weight excluding hydrogens is 320 g/mol. The van der Waals surface area contributed by atoms with Crippen LogP contribution in [0.25, 0.3) is 0 Å². The summed E-state index contributed by atoms with van der Waals surface area (Å²) < 4.78 is 5.32. The van der Waals surface area contributed by atoms with Crippen LogP contribution in [0.3, 0.4) is 0 Å². The Kier molecular flexibility index (Phi) is 5.69. The van der Waals surface area contributed by atoms with Crippen LogP contribution in [0, 0.1) is 0 Å². The Balaban J connectivity index is 1.53. The lowest BCUT2D eigenvalue weighted by Gasteiger charge is -2.27. The molecule has 2 heterocycles. The average Bonchev–Trinajstić information content (AvgIpc) is 2.68. The predicted molar refractivity (Wildman–Crippen MR) is 93.7 cm³/mol. The van der Waals surface area contributed by atoms with Gasteiger partial charge in [-0.15, -0.1) is 0 Å². The molecule has 2 aromatic rings. The number of carbonyl (C=O) groups excluding carboxylic acids is 2. The summed E-state index contributed by atoms with van der Waals surface area (Å²) in [5.74, 6) is 0.908. The zero-order chi connectivity index (χ0) is 17.5. The van der Waals surface area contributed by atoms with Crippen molar-refractivity contribution in [2.24, 2.45) is 0 Å². The van der Waals surface area contributed by atoms with E-state index in [1.807, 2.05) is 6.07 Å². The first-order chi connectivity index (χ1) is 12.2. The van der Waals surface area contributed by atoms with Crippen molar-refractivity contribution < 1.29 is 14.3 Å². The molecule has 3 rings (SSSR count). The minimum absolute atomic E-state index is 0.0487. The van der Waals surface area contributed by atoms with Gasteiger partial charge in [-0.3, -0.25) is 9.59 Å². The number of benzene rings is 1. The number of nitrogens with zero attached hydrogens (tertiary/aromatic N) is 3. The van der Waals surface area contributed by atoms with E-state index in [1.54, 1.807) is 30.3 Å². The van der Waals surface area contributed by atoms with E-state index in [-0.39, 0.29) is 24.5 Å². The Morgan fingerprint density at radius 1 is 1.08 bits per heavy atom. The van der Waals surface area contributed by atoms with Gasteiger partial charge in [-0.25, -0.2) is 9.97 Å². The van der Waals surface area contributed by atoms with E-state index < -0.39 is 0 Å². The van der Waals surface area contributed by atoms with Gasteiger partial charge in [-0.05, 0) is 0 Å². The van der Waals surface area contributed by atoms with Crippen molar-refractivity contribution in [3.05, 3.63) is 48.3 Å². The third-order valence-corrected chi connectivity index (χ3v) is 3.93. The Morgan fingerprint density at radius 3 is 2.60 bits per heavy atom. The van der Waals surface area contributed by atoms with E-state index in [2.05, 4.69) is 20.2 Å². The molecule has 1 saturated heterocycles. The van der Waals surface area contributed by atoms with E-state index >= 15 is 0 Å². The second-order valence-electron chi connectivity index (χ2n) is 5.70. The summed E-state index contributed by atoms with van der Waals surface area (Å²) in [4.78, 5) is 34.5. The number of Topliss-reactive ketones (excluding diaryl/α,β-unsaturated/α-hetero) is 1. The number of amides is 1. The molecule has 0 unspecified atom stereocenters. The zero-order valence-electron chi connectivity index (χ0n) is 13.9. The third-order valence-electron chi connectivity index (χ3n) is 3.93. The first-order valence-electron chi connectivity index (χ1n) is 8.25. The lowest BCUT2D eigenvalue weighted by Crippen LogP contribution is -2.36. The van der Waals surface area contributed by atoms with Crippen LogP contribution in [-0.2, 0) is 9.53 Å². The van der Waals surface area contributed by atoms with Gasteiger partial charge in [-0.2, -0.15) is 0 Å². The minimum Gasteiger partial charge on any atom is -0.378 e. The molecule has 7 heteroatoms. The number of ether oxygens (including phenoxy) is 1. The number of ketones is 1. The SMILES string of the molecule is O=C(CCC(=O)c1ccccc1)Nc1cc(N2CCOCC2)ncn1. The average molecular weight is 340 g/mol. The maximum atomic E-state index is 12.1. The number of morpholine rings is 1. The molecule has 1 N–H and O–H groups in total. The first-order valence-corrected chi connectivity index (χ1v) is 8.25. The fourth-order valence-corrected chi connectivity index (χ4v) is 2.58. The minimum atomic E-state index is -0.240. The van der Waals surface area contributed by atoms with E-state index in [1.165, 1.54) is 6.33 Å². The largest absolute Gasteiger partial charge is 0.378 e. The number of anilines is 2. The molecule has 1 aliphatic rings. The molecule has 1 fully saturated rings. The van der Waals surface area contributed by atoms with Gasteiger partial charge in [0.25, 0.3) is 0 Å². The van der Waals surface area contributed by atoms with Crippen molar-refractivity contribution in [1.29, 1.82) is 0 Å². The van der Waals surface area contributed by atoms with Crippen LogP contribution in [0.4, 0.5) is 11.6 Å². The Morgan fingerprint density at radius 2 is 1.84 bits per heavy atom. The maximum absolute atomic E-state index is 12.1. The summed E-state index contributed by atoms with van der Waals surface area (Å²) in [6, 6.07) is 10.7. The van der Waals surface area contributed by atoms with Gasteiger partial charge in [0.15, 0.2) is 5.78 Å². The molecule has 0 bridgehead atoms. The number of aromatic nitrogens is 2. The van der Waals surface area contributed by atoms with Gasteiger partial charge in [0, 0.05) is 37.6 Å². The molecule has 25 heavy (non-hydrogen) atoms. The Bertz CT molecular complexity index is 730. The fraction of sp³-hybridized carbons (Fsp3) is 0.333. The smallest absolute Gasteiger partial charge is 0.225 e. The van der Waals surface area contributed by atoms with Crippen LogP contribution in [0.5, 0.6) is 0 Å². The van der Waals surface area contributed by atoms with E-state index in [0.717, 1.165) is 18.9 Å². The summed E-state index contributed by atoms with van der Waals surface area (Å²) in [6.45, 7) is 2.84. The second kappa shape index (κ2) is 8.34. The molecule has 0 saturated carbocycles. The molecule has 7 nitrogen and oxygen atoms in total. The Hall–Kier alpha value is -2.80. The number of hydrogen-bond acceptors (Lipinski definition) is 6. The topological polar surface area (TPSA) is 84.4 Å². The normalized spacial score (nSPS) is 14.2. The van der Waals surface area contributed by atoms with Gasteiger partial charge < -0.3 is 15.0 Å². The first kappa shape index (κ1) is 17.0.